The first-order chi connectivity index (χ1) is 15.6. The molecule has 0 saturated carbocycles. The first-order valence-corrected chi connectivity index (χ1v) is 11.2. The Hall–Kier alpha value is -3.13. The van der Waals surface area contributed by atoms with Crippen LogP contribution in [-0.2, 0) is 4.79 Å². The molecule has 0 N–H and O–H groups in total. The Balaban J connectivity index is 1.58. The summed E-state index contributed by atoms with van der Waals surface area (Å²) < 4.78 is 11.9. The molecule has 0 aliphatic carbocycles. The zero-order valence-corrected chi connectivity index (χ0v) is 18.5. The second kappa shape index (κ2) is 10.5. The molecule has 0 unspecified atom stereocenters. The van der Waals surface area contributed by atoms with Crippen LogP contribution in [0.15, 0.2) is 42.6 Å². The molecular weight excluding hydrogens is 408 g/mol. The molecule has 1 aromatic carbocycles. The van der Waals surface area contributed by atoms with E-state index in [0.717, 1.165) is 32.4 Å². The van der Waals surface area contributed by atoms with Gasteiger partial charge in [-0.25, -0.2) is 4.98 Å². The number of rotatable bonds is 2. The van der Waals surface area contributed by atoms with Gasteiger partial charge < -0.3 is 24.2 Å². The minimum Gasteiger partial charge on any atom is -0.490 e. The fraction of sp³-hybridized carbons (Fsp3) is 0.458. The molecule has 2 aliphatic heterocycles. The fourth-order valence-electron chi connectivity index (χ4n) is 3.90. The number of amides is 2. The zero-order valence-electron chi connectivity index (χ0n) is 18.5. The van der Waals surface area contributed by atoms with Crippen molar-refractivity contribution in [2.24, 2.45) is 0 Å². The van der Waals surface area contributed by atoms with Gasteiger partial charge in [-0.1, -0.05) is 12.1 Å². The Morgan fingerprint density at radius 2 is 1.75 bits per heavy atom. The van der Waals surface area contributed by atoms with Gasteiger partial charge in [0.25, 0.3) is 5.91 Å². The number of aromatic nitrogens is 1. The Bertz CT molecular complexity index is 943. The van der Waals surface area contributed by atoms with Crippen molar-refractivity contribution in [2.45, 2.75) is 19.3 Å². The Labute approximate surface area is 188 Å². The van der Waals surface area contributed by atoms with E-state index in [1.807, 2.05) is 23.1 Å². The molecule has 0 atom stereocenters. The molecule has 32 heavy (non-hydrogen) atoms. The molecule has 8 nitrogen and oxygen atoms in total. The summed E-state index contributed by atoms with van der Waals surface area (Å²) in [6.07, 6.45) is 4.14. The van der Waals surface area contributed by atoms with Crippen molar-refractivity contribution < 1.29 is 19.1 Å². The SMILES string of the molecule is CN1CCN(C(=O)CN2CCCCCOc3ccccc3Oc3ncccc3C2=O)CC1. The molecule has 4 rings (SSSR count). The maximum atomic E-state index is 13.5. The number of carbonyl (C=O) groups excluding carboxylic acids is 2. The van der Waals surface area contributed by atoms with Gasteiger partial charge in [0.05, 0.1) is 6.61 Å². The molecule has 170 valence electrons. The van der Waals surface area contributed by atoms with Crippen LogP contribution in [0.3, 0.4) is 0 Å². The van der Waals surface area contributed by atoms with Crippen molar-refractivity contribution in [1.82, 2.24) is 19.7 Å². The van der Waals surface area contributed by atoms with Crippen LogP contribution in [0.4, 0.5) is 0 Å². The van der Waals surface area contributed by atoms with Crippen LogP contribution in [-0.4, -0.2) is 84.4 Å². The maximum absolute atomic E-state index is 13.5. The number of piperazine rings is 1. The monoisotopic (exact) mass is 438 g/mol. The third kappa shape index (κ3) is 5.37. The summed E-state index contributed by atoms with van der Waals surface area (Å²) in [4.78, 5) is 36.5. The van der Waals surface area contributed by atoms with E-state index in [4.69, 9.17) is 9.47 Å². The predicted octanol–water partition coefficient (Wildman–Crippen LogP) is 2.65. The first kappa shape index (κ1) is 22.1. The topological polar surface area (TPSA) is 75.2 Å². The highest BCUT2D eigenvalue weighted by Gasteiger charge is 2.27. The summed E-state index contributed by atoms with van der Waals surface area (Å²) >= 11 is 0. The van der Waals surface area contributed by atoms with E-state index in [9.17, 15) is 9.59 Å². The van der Waals surface area contributed by atoms with Gasteiger partial charge in [0.2, 0.25) is 11.8 Å². The zero-order chi connectivity index (χ0) is 22.3. The van der Waals surface area contributed by atoms with Gasteiger partial charge >= 0.3 is 0 Å². The Morgan fingerprint density at radius 3 is 2.56 bits per heavy atom. The lowest BCUT2D eigenvalue weighted by atomic mass is 10.2. The largest absolute Gasteiger partial charge is 0.490 e. The quantitative estimate of drug-likeness (QED) is 0.718. The second-order valence-corrected chi connectivity index (χ2v) is 8.22. The van der Waals surface area contributed by atoms with Gasteiger partial charge in [0.1, 0.15) is 12.1 Å². The van der Waals surface area contributed by atoms with Crippen molar-refractivity contribution in [1.29, 1.82) is 0 Å². The molecule has 1 fully saturated rings. The van der Waals surface area contributed by atoms with E-state index < -0.39 is 0 Å². The molecule has 2 amide bonds. The van der Waals surface area contributed by atoms with Crippen molar-refractivity contribution >= 4 is 11.8 Å². The van der Waals surface area contributed by atoms with Crippen molar-refractivity contribution in [2.75, 3.05) is 52.9 Å². The van der Waals surface area contributed by atoms with E-state index in [2.05, 4.69) is 16.9 Å². The molecule has 0 radical (unpaired) electrons. The highest BCUT2D eigenvalue weighted by molar-refractivity contribution is 5.98. The number of nitrogens with zero attached hydrogens (tertiary/aromatic N) is 4. The number of carbonyl (C=O) groups is 2. The number of hydrogen-bond acceptors (Lipinski definition) is 6. The van der Waals surface area contributed by atoms with Crippen LogP contribution in [0, 0.1) is 0 Å². The van der Waals surface area contributed by atoms with Crippen molar-refractivity contribution in [3.8, 4) is 17.4 Å². The summed E-state index contributed by atoms with van der Waals surface area (Å²) in [5.41, 5.74) is 0.340. The minimum absolute atomic E-state index is 0.0178. The number of benzene rings is 1. The summed E-state index contributed by atoms with van der Waals surface area (Å²) in [5, 5.41) is 0. The highest BCUT2D eigenvalue weighted by Crippen LogP contribution is 2.32. The van der Waals surface area contributed by atoms with E-state index in [1.165, 1.54) is 0 Å². The van der Waals surface area contributed by atoms with Gasteiger partial charge in [-0.3, -0.25) is 9.59 Å². The van der Waals surface area contributed by atoms with Crippen molar-refractivity contribution in [3.63, 3.8) is 0 Å². The molecule has 2 aromatic rings. The van der Waals surface area contributed by atoms with Gasteiger partial charge in [0.15, 0.2) is 11.5 Å². The number of likely N-dealkylation sites (N-methyl/N-ethyl adjacent to an activating group) is 1. The highest BCUT2D eigenvalue weighted by atomic mass is 16.5. The average Bonchev–Trinajstić information content (AvgIpc) is 2.82. The van der Waals surface area contributed by atoms with E-state index in [0.29, 0.717) is 43.3 Å². The van der Waals surface area contributed by atoms with Crippen LogP contribution in [0.1, 0.15) is 29.6 Å². The average molecular weight is 439 g/mol. The number of hydrogen-bond donors (Lipinski definition) is 0. The summed E-state index contributed by atoms with van der Waals surface area (Å²) in [7, 11) is 2.05. The number of ether oxygens (including phenoxy) is 2. The Morgan fingerprint density at radius 1 is 0.969 bits per heavy atom. The summed E-state index contributed by atoms with van der Waals surface area (Å²) in [6, 6.07) is 10.8. The summed E-state index contributed by atoms with van der Waals surface area (Å²) in [6.45, 7) is 4.19. The van der Waals surface area contributed by atoms with Gasteiger partial charge in [0, 0.05) is 38.9 Å². The lowest BCUT2D eigenvalue weighted by molar-refractivity contribution is -0.133. The minimum atomic E-state index is -0.242. The molecule has 8 heteroatoms. The van der Waals surface area contributed by atoms with Crippen LogP contribution >= 0.6 is 0 Å². The Kier molecular flexibility index (Phi) is 7.21. The predicted molar refractivity (Wildman–Crippen MR) is 120 cm³/mol. The second-order valence-electron chi connectivity index (χ2n) is 8.22. The number of fused-ring (bicyclic) bond motifs is 2. The lowest BCUT2D eigenvalue weighted by Crippen LogP contribution is -2.51. The van der Waals surface area contributed by atoms with E-state index in [1.54, 1.807) is 29.3 Å². The van der Waals surface area contributed by atoms with Crippen LogP contribution in [0.5, 0.6) is 17.4 Å². The van der Waals surface area contributed by atoms with Crippen LogP contribution in [0.25, 0.3) is 0 Å². The molecule has 3 heterocycles. The molecule has 2 aliphatic rings. The first-order valence-electron chi connectivity index (χ1n) is 11.2. The van der Waals surface area contributed by atoms with Gasteiger partial charge in [-0.15, -0.1) is 0 Å². The molecule has 1 saturated heterocycles. The fourth-order valence-corrected chi connectivity index (χ4v) is 3.90. The number of pyridine rings is 1. The van der Waals surface area contributed by atoms with Crippen LogP contribution < -0.4 is 9.47 Å². The van der Waals surface area contributed by atoms with Gasteiger partial charge in [-0.05, 0) is 50.6 Å². The van der Waals surface area contributed by atoms with E-state index >= 15 is 0 Å². The normalized spacial score (nSPS) is 18.2. The molecule has 0 bridgehead atoms. The molecule has 0 spiro atoms. The lowest BCUT2D eigenvalue weighted by Gasteiger charge is -2.34. The molecular formula is C24H30N4O4. The smallest absolute Gasteiger partial charge is 0.259 e. The third-order valence-corrected chi connectivity index (χ3v) is 5.86. The summed E-state index contributed by atoms with van der Waals surface area (Å²) in [5.74, 6) is 1.09. The van der Waals surface area contributed by atoms with Gasteiger partial charge in [-0.2, -0.15) is 0 Å². The number of para-hydroxylation sites is 2. The maximum Gasteiger partial charge on any atom is 0.259 e. The van der Waals surface area contributed by atoms with E-state index in [-0.39, 0.29) is 24.2 Å². The van der Waals surface area contributed by atoms with Crippen molar-refractivity contribution in [3.05, 3.63) is 48.2 Å². The molecule has 1 aromatic heterocycles. The third-order valence-electron chi connectivity index (χ3n) is 5.86. The standard InChI is InChI=1S/C24H30N4O4/c1-26-13-15-27(16-14-26)22(29)18-28-12-5-2-6-17-31-20-9-3-4-10-21(20)32-23-19(24(28)30)8-7-11-25-23/h3-4,7-11H,2,5-6,12-18H2,1H3. The van der Waals surface area contributed by atoms with Crippen LogP contribution in [0.2, 0.25) is 0 Å².